The molecule has 1 heterocycles. The monoisotopic (exact) mass is 300 g/mol. The molecule has 0 amide bonds. The van der Waals surface area contributed by atoms with E-state index in [-0.39, 0.29) is 12.0 Å². The van der Waals surface area contributed by atoms with Gasteiger partial charge >= 0.3 is 0 Å². The fraction of sp³-hybridized carbons (Fsp3) is 0.429. The average Bonchev–Trinajstić information content (AvgIpc) is 2.72. The molecule has 1 N–H and O–H groups in total. The van der Waals surface area contributed by atoms with Gasteiger partial charge in [0, 0.05) is 10.0 Å². The van der Waals surface area contributed by atoms with Crippen molar-refractivity contribution in [3.63, 3.8) is 0 Å². The fourth-order valence-electron chi connectivity index (χ4n) is 1.94. The maximum absolute atomic E-state index is 9.49. The zero-order valence-corrected chi connectivity index (χ0v) is 11.7. The Bertz CT molecular complexity index is 484. The summed E-state index contributed by atoms with van der Waals surface area (Å²) < 4.78 is 10.8. The third-order valence-corrected chi connectivity index (χ3v) is 3.57. The highest BCUT2D eigenvalue weighted by molar-refractivity contribution is 6.35. The molecule has 1 aromatic rings. The normalized spacial score (nSPS) is 26.3. The van der Waals surface area contributed by atoms with Crippen molar-refractivity contribution < 1.29 is 14.6 Å². The van der Waals surface area contributed by atoms with Crippen molar-refractivity contribution in [2.45, 2.75) is 25.4 Å². The second-order valence-corrected chi connectivity index (χ2v) is 5.25. The summed E-state index contributed by atoms with van der Waals surface area (Å²) in [6.07, 6.45) is 4.81. The molecular weight excluding hydrogens is 287 g/mol. The van der Waals surface area contributed by atoms with Crippen LogP contribution in [0.25, 0.3) is 0 Å². The van der Waals surface area contributed by atoms with Crippen LogP contribution in [-0.4, -0.2) is 24.1 Å². The van der Waals surface area contributed by atoms with Crippen molar-refractivity contribution >= 4 is 23.2 Å². The predicted molar refractivity (Wildman–Crippen MR) is 73.9 cm³/mol. The smallest absolute Gasteiger partial charge is 0.168 e. The number of benzene rings is 1. The summed E-state index contributed by atoms with van der Waals surface area (Å²) in [5, 5.41) is 10.7. The van der Waals surface area contributed by atoms with E-state index >= 15 is 0 Å². The number of aliphatic hydroxyl groups is 1. The lowest BCUT2D eigenvalue weighted by Gasteiger charge is -2.11. The molecule has 2 rings (SSSR count). The van der Waals surface area contributed by atoms with Gasteiger partial charge in [-0.2, -0.15) is 0 Å². The summed E-state index contributed by atoms with van der Waals surface area (Å²) >= 11 is 11.8. The van der Waals surface area contributed by atoms with Crippen LogP contribution in [0, 0.1) is 18.3 Å². The third kappa shape index (κ3) is 3.85. The lowest BCUT2D eigenvalue weighted by molar-refractivity contribution is -0.117. The number of ether oxygens (including phenoxy) is 2. The molecule has 0 saturated carbocycles. The third-order valence-electron chi connectivity index (χ3n) is 2.98. The number of rotatable bonds is 4. The van der Waals surface area contributed by atoms with E-state index in [0.29, 0.717) is 29.7 Å². The highest BCUT2D eigenvalue weighted by Gasteiger charge is 2.32. The molecule has 19 heavy (non-hydrogen) atoms. The Kier molecular flexibility index (Phi) is 5.09. The Morgan fingerprint density at radius 3 is 2.89 bits per heavy atom. The first-order chi connectivity index (χ1) is 9.10. The molecule has 3 nitrogen and oxygen atoms in total. The van der Waals surface area contributed by atoms with E-state index in [1.54, 1.807) is 12.1 Å². The molecule has 102 valence electrons. The summed E-state index contributed by atoms with van der Waals surface area (Å²) in [6, 6.07) is 5.25. The second-order valence-electron chi connectivity index (χ2n) is 4.41. The topological polar surface area (TPSA) is 38.7 Å². The van der Waals surface area contributed by atoms with Gasteiger partial charge in [-0.15, -0.1) is 6.42 Å². The van der Waals surface area contributed by atoms with Crippen LogP contribution in [0.15, 0.2) is 18.2 Å². The summed E-state index contributed by atoms with van der Waals surface area (Å²) in [5.74, 6) is 2.24. The van der Waals surface area contributed by atoms with Crippen LogP contribution >= 0.6 is 23.2 Å². The van der Waals surface area contributed by atoms with Crippen molar-refractivity contribution in [1.29, 1.82) is 0 Å². The van der Waals surface area contributed by atoms with E-state index in [1.807, 2.05) is 6.07 Å². The number of halogens is 2. The van der Waals surface area contributed by atoms with Crippen molar-refractivity contribution in [1.82, 2.24) is 0 Å². The van der Waals surface area contributed by atoms with Crippen LogP contribution in [0.1, 0.15) is 12.0 Å². The van der Waals surface area contributed by atoms with Gasteiger partial charge in [-0.1, -0.05) is 35.2 Å². The standard InChI is InChI=1S/C14H14Cl2O3/c1-2-9-5-12(19-14(9)17)8-18-7-10-3-4-11(15)6-13(10)16/h1,3-4,6,9,12,14,17H,5,7-8H2/t9-,12-,14?/m0/s1. The Balaban J connectivity index is 1.80. The van der Waals surface area contributed by atoms with E-state index in [4.69, 9.17) is 39.1 Å². The minimum atomic E-state index is -0.891. The Morgan fingerprint density at radius 2 is 2.26 bits per heavy atom. The van der Waals surface area contributed by atoms with Gasteiger partial charge in [0.2, 0.25) is 0 Å². The average molecular weight is 301 g/mol. The van der Waals surface area contributed by atoms with Gasteiger partial charge in [0.25, 0.3) is 0 Å². The summed E-state index contributed by atoms with van der Waals surface area (Å²) in [5.41, 5.74) is 0.859. The van der Waals surface area contributed by atoms with Crippen molar-refractivity contribution in [2.75, 3.05) is 6.61 Å². The first-order valence-electron chi connectivity index (χ1n) is 5.91. The SMILES string of the molecule is C#C[C@H]1C[C@@H](COCc2ccc(Cl)cc2Cl)OC1O. The molecule has 3 atom stereocenters. The van der Waals surface area contributed by atoms with Crippen LogP contribution in [0.4, 0.5) is 0 Å². The summed E-state index contributed by atoms with van der Waals surface area (Å²) in [7, 11) is 0. The van der Waals surface area contributed by atoms with Gasteiger partial charge in [-0.25, -0.2) is 0 Å². The predicted octanol–water partition coefficient (Wildman–Crippen LogP) is 2.87. The Morgan fingerprint density at radius 1 is 1.47 bits per heavy atom. The molecule has 0 aliphatic carbocycles. The molecule has 1 saturated heterocycles. The van der Waals surface area contributed by atoms with Gasteiger partial charge in [0.05, 0.1) is 25.2 Å². The highest BCUT2D eigenvalue weighted by atomic mass is 35.5. The van der Waals surface area contributed by atoms with Gasteiger partial charge in [0.1, 0.15) is 0 Å². The van der Waals surface area contributed by atoms with Gasteiger partial charge in [-0.3, -0.25) is 0 Å². The lowest BCUT2D eigenvalue weighted by Crippen LogP contribution is -2.17. The molecule has 1 aliphatic rings. The Labute approximate surface area is 122 Å². The minimum Gasteiger partial charge on any atom is -0.374 e. The maximum Gasteiger partial charge on any atom is 0.168 e. The molecule has 5 heteroatoms. The van der Waals surface area contributed by atoms with Crippen LogP contribution < -0.4 is 0 Å². The van der Waals surface area contributed by atoms with E-state index in [9.17, 15) is 5.11 Å². The van der Waals surface area contributed by atoms with E-state index in [0.717, 1.165) is 5.56 Å². The van der Waals surface area contributed by atoms with Crippen molar-refractivity contribution in [3.05, 3.63) is 33.8 Å². The van der Waals surface area contributed by atoms with Crippen LogP contribution in [0.5, 0.6) is 0 Å². The minimum absolute atomic E-state index is 0.179. The van der Waals surface area contributed by atoms with Gasteiger partial charge < -0.3 is 14.6 Å². The zero-order chi connectivity index (χ0) is 13.8. The number of terminal acetylenes is 1. The first-order valence-corrected chi connectivity index (χ1v) is 6.67. The quantitative estimate of drug-likeness (QED) is 0.869. The highest BCUT2D eigenvalue weighted by Crippen LogP contribution is 2.25. The number of hydrogen-bond donors (Lipinski definition) is 1. The number of aliphatic hydroxyl groups excluding tert-OH is 1. The van der Waals surface area contributed by atoms with E-state index in [2.05, 4.69) is 5.92 Å². The molecule has 1 fully saturated rings. The lowest BCUT2D eigenvalue weighted by atomic mass is 10.1. The molecule has 1 aliphatic heterocycles. The van der Waals surface area contributed by atoms with E-state index in [1.165, 1.54) is 0 Å². The first kappa shape index (κ1) is 14.6. The van der Waals surface area contributed by atoms with Gasteiger partial charge in [-0.05, 0) is 24.1 Å². The molecule has 0 radical (unpaired) electrons. The summed E-state index contributed by atoms with van der Waals surface area (Å²) in [4.78, 5) is 0. The maximum atomic E-state index is 9.49. The van der Waals surface area contributed by atoms with Crippen molar-refractivity contribution in [3.8, 4) is 12.3 Å². The van der Waals surface area contributed by atoms with Crippen LogP contribution in [0.3, 0.4) is 0 Å². The summed E-state index contributed by atoms with van der Waals surface area (Å²) in [6.45, 7) is 0.737. The largest absolute Gasteiger partial charge is 0.374 e. The molecule has 1 aromatic carbocycles. The molecule has 0 spiro atoms. The van der Waals surface area contributed by atoms with E-state index < -0.39 is 6.29 Å². The molecule has 1 unspecified atom stereocenters. The van der Waals surface area contributed by atoms with Gasteiger partial charge in [0.15, 0.2) is 6.29 Å². The fourth-order valence-corrected chi connectivity index (χ4v) is 2.41. The molecule has 0 bridgehead atoms. The van der Waals surface area contributed by atoms with Crippen LogP contribution in [0.2, 0.25) is 10.0 Å². The van der Waals surface area contributed by atoms with Crippen LogP contribution in [-0.2, 0) is 16.1 Å². The zero-order valence-electron chi connectivity index (χ0n) is 10.2. The second kappa shape index (κ2) is 6.60. The molecule has 0 aromatic heterocycles. The number of hydrogen-bond acceptors (Lipinski definition) is 3. The molecular formula is C14H14Cl2O3. The Hall–Kier alpha value is -0.760. The van der Waals surface area contributed by atoms with Crippen molar-refractivity contribution in [2.24, 2.45) is 5.92 Å².